The van der Waals surface area contributed by atoms with Gasteiger partial charge in [-0.15, -0.1) is 0 Å². The number of carbonyl (C=O) groups excluding carboxylic acids is 1. The van der Waals surface area contributed by atoms with Crippen LogP contribution in [0.5, 0.6) is 0 Å². The first-order valence-corrected chi connectivity index (χ1v) is 6.21. The molecule has 0 bridgehead atoms. The quantitative estimate of drug-likeness (QED) is 0.179. The van der Waals surface area contributed by atoms with Gasteiger partial charge in [-0.3, -0.25) is 4.79 Å². The van der Waals surface area contributed by atoms with Crippen LogP contribution in [0.25, 0.3) is 0 Å². The predicted octanol–water partition coefficient (Wildman–Crippen LogP) is 3.44. The van der Waals surface area contributed by atoms with Crippen molar-refractivity contribution in [1.29, 1.82) is 0 Å². The van der Waals surface area contributed by atoms with Crippen molar-refractivity contribution in [2.45, 2.75) is 52.4 Å². The van der Waals surface area contributed by atoms with Gasteiger partial charge in [0.25, 0.3) is 0 Å². The number of hydrogen-bond acceptors (Lipinski definition) is 3. The molecule has 0 radical (unpaired) electrons. The van der Waals surface area contributed by atoms with Gasteiger partial charge >= 0.3 is 0 Å². The van der Waals surface area contributed by atoms with Crippen LogP contribution in [0.3, 0.4) is 0 Å². The van der Waals surface area contributed by atoms with Crippen LogP contribution in [0.1, 0.15) is 52.4 Å². The van der Waals surface area contributed by atoms with Crippen LogP contribution in [0.4, 0.5) is 0 Å². The number of ether oxygens (including phenoxy) is 2. The standard InChI is InChI=1S/C13H24O3/c1-3-5-7-8-10-15-12-16-13(11-14)9-6-4-2/h9,11H,3-8,10,12H2,1-2H3/b13-9+. The fourth-order valence-electron chi connectivity index (χ4n) is 1.23. The average Bonchev–Trinajstić information content (AvgIpc) is 2.32. The number of allylic oxidation sites excluding steroid dienone is 2. The Balaban J connectivity index is 3.37. The first kappa shape index (κ1) is 15.2. The maximum Gasteiger partial charge on any atom is 0.189 e. The third-order valence-corrected chi connectivity index (χ3v) is 2.20. The molecule has 0 aliphatic heterocycles. The SMILES string of the molecule is CCC/C=C(\C=O)OCOCCCCCC. The fraction of sp³-hybridized carbons (Fsp3) is 0.769. The van der Waals surface area contributed by atoms with E-state index in [1.165, 1.54) is 19.3 Å². The van der Waals surface area contributed by atoms with Gasteiger partial charge in [-0.05, 0) is 18.9 Å². The van der Waals surface area contributed by atoms with Crippen LogP contribution >= 0.6 is 0 Å². The molecule has 0 saturated carbocycles. The van der Waals surface area contributed by atoms with Gasteiger partial charge in [0, 0.05) is 0 Å². The van der Waals surface area contributed by atoms with Gasteiger partial charge in [0.15, 0.2) is 18.8 Å². The van der Waals surface area contributed by atoms with Crippen molar-refractivity contribution >= 4 is 6.29 Å². The summed E-state index contributed by atoms with van der Waals surface area (Å²) in [4.78, 5) is 10.6. The zero-order valence-electron chi connectivity index (χ0n) is 10.5. The summed E-state index contributed by atoms with van der Waals surface area (Å²) < 4.78 is 10.4. The van der Waals surface area contributed by atoms with Crippen molar-refractivity contribution in [3.05, 3.63) is 11.8 Å². The summed E-state index contributed by atoms with van der Waals surface area (Å²) in [5, 5.41) is 0. The van der Waals surface area contributed by atoms with Gasteiger partial charge < -0.3 is 9.47 Å². The highest BCUT2D eigenvalue weighted by atomic mass is 16.7. The molecule has 0 spiro atoms. The topological polar surface area (TPSA) is 35.5 Å². The molecule has 0 aromatic heterocycles. The zero-order chi connectivity index (χ0) is 12.1. The summed E-state index contributed by atoms with van der Waals surface area (Å²) in [6.07, 6.45) is 9.15. The molecule has 0 amide bonds. The van der Waals surface area contributed by atoms with E-state index in [9.17, 15) is 4.79 Å². The highest BCUT2D eigenvalue weighted by Gasteiger charge is 1.95. The molecule has 0 aliphatic rings. The Kier molecular flexibility index (Phi) is 11.6. The van der Waals surface area contributed by atoms with E-state index >= 15 is 0 Å². The van der Waals surface area contributed by atoms with Crippen LogP contribution in [-0.4, -0.2) is 19.7 Å². The van der Waals surface area contributed by atoms with Crippen molar-refractivity contribution in [3.8, 4) is 0 Å². The van der Waals surface area contributed by atoms with Crippen molar-refractivity contribution in [2.24, 2.45) is 0 Å². The number of hydrogen-bond donors (Lipinski definition) is 0. The van der Waals surface area contributed by atoms with Crippen LogP contribution in [-0.2, 0) is 14.3 Å². The Morgan fingerprint density at radius 2 is 1.94 bits per heavy atom. The smallest absolute Gasteiger partial charge is 0.189 e. The molecule has 0 aromatic carbocycles. The molecule has 94 valence electrons. The molecule has 16 heavy (non-hydrogen) atoms. The van der Waals surface area contributed by atoms with Crippen molar-refractivity contribution in [3.63, 3.8) is 0 Å². The molecule has 0 fully saturated rings. The van der Waals surface area contributed by atoms with Gasteiger partial charge in [0.05, 0.1) is 6.61 Å². The van der Waals surface area contributed by atoms with E-state index in [2.05, 4.69) is 13.8 Å². The van der Waals surface area contributed by atoms with Gasteiger partial charge in [0.1, 0.15) is 0 Å². The Morgan fingerprint density at radius 3 is 2.56 bits per heavy atom. The second kappa shape index (κ2) is 12.2. The normalized spacial score (nSPS) is 11.5. The Labute approximate surface area is 98.8 Å². The Morgan fingerprint density at radius 1 is 1.12 bits per heavy atom. The Hall–Kier alpha value is -0.830. The number of unbranched alkanes of at least 4 members (excludes halogenated alkanes) is 4. The van der Waals surface area contributed by atoms with E-state index in [0.29, 0.717) is 12.4 Å². The van der Waals surface area contributed by atoms with E-state index < -0.39 is 0 Å². The molecule has 0 rings (SSSR count). The first-order chi connectivity index (χ1) is 7.85. The van der Waals surface area contributed by atoms with Crippen molar-refractivity contribution in [2.75, 3.05) is 13.4 Å². The third kappa shape index (κ3) is 9.71. The minimum Gasteiger partial charge on any atom is -0.464 e. The highest BCUT2D eigenvalue weighted by molar-refractivity contribution is 5.69. The molecule has 3 nitrogen and oxygen atoms in total. The van der Waals surface area contributed by atoms with Crippen LogP contribution in [0.15, 0.2) is 11.8 Å². The molecule has 0 atom stereocenters. The van der Waals surface area contributed by atoms with Gasteiger partial charge in [-0.1, -0.05) is 39.5 Å². The second-order valence-corrected chi connectivity index (χ2v) is 3.74. The summed E-state index contributed by atoms with van der Waals surface area (Å²) in [5.41, 5.74) is 0. The van der Waals surface area contributed by atoms with Gasteiger partial charge in [-0.2, -0.15) is 0 Å². The van der Waals surface area contributed by atoms with Gasteiger partial charge in [0.2, 0.25) is 0 Å². The molecule has 0 aromatic rings. The molecule has 0 saturated heterocycles. The monoisotopic (exact) mass is 228 g/mol. The molecule has 0 heterocycles. The van der Waals surface area contributed by atoms with E-state index in [4.69, 9.17) is 9.47 Å². The second-order valence-electron chi connectivity index (χ2n) is 3.74. The summed E-state index contributed by atoms with van der Waals surface area (Å²) in [6.45, 7) is 5.13. The molecular formula is C13H24O3. The lowest BCUT2D eigenvalue weighted by Crippen LogP contribution is -2.02. The summed E-state index contributed by atoms with van der Waals surface area (Å²) in [6, 6.07) is 0. The Bertz CT molecular complexity index is 188. The van der Waals surface area contributed by atoms with Gasteiger partial charge in [-0.25, -0.2) is 0 Å². The van der Waals surface area contributed by atoms with Crippen LogP contribution in [0.2, 0.25) is 0 Å². The van der Waals surface area contributed by atoms with Crippen LogP contribution < -0.4 is 0 Å². The van der Waals surface area contributed by atoms with E-state index in [-0.39, 0.29) is 6.79 Å². The zero-order valence-corrected chi connectivity index (χ0v) is 10.5. The lowest BCUT2D eigenvalue weighted by molar-refractivity contribution is -0.111. The fourth-order valence-corrected chi connectivity index (χ4v) is 1.23. The van der Waals surface area contributed by atoms with Crippen LogP contribution in [0, 0.1) is 0 Å². The molecule has 0 unspecified atom stereocenters. The maximum absolute atomic E-state index is 10.6. The lowest BCUT2D eigenvalue weighted by atomic mass is 10.2. The molecule has 0 N–H and O–H groups in total. The predicted molar refractivity (Wildman–Crippen MR) is 65.1 cm³/mol. The maximum atomic E-state index is 10.6. The molecule has 0 aliphatic carbocycles. The van der Waals surface area contributed by atoms with E-state index in [0.717, 1.165) is 25.5 Å². The molecular weight excluding hydrogens is 204 g/mol. The summed E-state index contributed by atoms with van der Waals surface area (Å²) >= 11 is 0. The number of aldehydes is 1. The minimum atomic E-state index is 0.181. The summed E-state index contributed by atoms with van der Waals surface area (Å²) in [5.74, 6) is 0.385. The average molecular weight is 228 g/mol. The lowest BCUT2D eigenvalue weighted by Gasteiger charge is -2.06. The molecule has 3 heteroatoms. The van der Waals surface area contributed by atoms with E-state index in [1.807, 2.05) is 0 Å². The van der Waals surface area contributed by atoms with Crippen molar-refractivity contribution < 1.29 is 14.3 Å². The third-order valence-electron chi connectivity index (χ3n) is 2.20. The van der Waals surface area contributed by atoms with Crippen molar-refractivity contribution in [1.82, 2.24) is 0 Å². The first-order valence-electron chi connectivity index (χ1n) is 6.21. The largest absolute Gasteiger partial charge is 0.464 e. The minimum absolute atomic E-state index is 0.181. The highest BCUT2D eigenvalue weighted by Crippen LogP contribution is 2.01. The number of carbonyl (C=O) groups is 1. The summed E-state index contributed by atoms with van der Waals surface area (Å²) in [7, 11) is 0. The number of rotatable bonds is 11. The van der Waals surface area contributed by atoms with E-state index in [1.54, 1.807) is 6.08 Å².